The Morgan fingerprint density at radius 1 is 1.17 bits per heavy atom. The van der Waals surface area contributed by atoms with Crippen molar-refractivity contribution >= 4 is 34.7 Å². The smallest absolute Gasteiger partial charge is 0.293 e. The summed E-state index contributed by atoms with van der Waals surface area (Å²) in [5, 5.41) is -0.208. The molecule has 2 aromatic rings. The highest BCUT2D eigenvalue weighted by Gasteiger charge is 2.36. The number of fused-ring (bicyclic) bond motifs is 1. The Labute approximate surface area is 182 Å². The predicted octanol–water partition coefficient (Wildman–Crippen LogP) is 5.95. The lowest BCUT2D eigenvalue weighted by Gasteiger charge is -2.45. The normalized spacial score (nSPS) is 22.0. The minimum atomic E-state index is -0.211. The quantitative estimate of drug-likeness (QED) is 0.575. The standard InChI is InChI=1S/C25H28N2O2S/c1-16-11-21-20(17(2)14-25(3,4)26(21)5)12-19(16)13-22-23(28)27(24(29)30-22)15-18-9-7-6-8-10-18/h6-13,17H,14-15H2,1-5H3/b22-13+. The van der Waals surface area contributed by atoms with Gasteiger partial charge in [-0.25, -0.2) is 0 Å². The minimum absolute atomic E-state index is 0.112. The van der Waals surface area contributed by atoms with Gasteiger partial charge in [0.1, 0.15) is 0 Å². The Bertz CT molecular complexity index is 1040. The molecule has 0 N–H and O–H groups in total. The van der Waals surface area contributed by atoms with Crippen LogP contribution in [-0.2, 0) is 11.3 Å². The number of nitrogens with zero attached hydrogens (tertiary/aromatic N) is 2. The van der Waals surface area contributed by atoms with Crippen LogP contribution in [0.25, 0.3) is 6.08 Å². The van der Waals surface area contributed by atoms with Crippen molar-refractivity contribution in [1.29, 1.82) is 0 Å². The van der Waals surface area contributed by atoms with Gasteiger partial charge in [0.25, 0.3) is 11.1 Å². The van der Waals surface area contributed by atoms with Crippen molar-refractivity contribution in [2.75, 3.05) is 11.9 Å². The van der Waals surface area contributed by atoms with Crippen LogP contribution in [-0.4, -0.2) is 28.6 Å². The predicted molar refractivity (Wildman–Crippen MR) is 125 cm³/mol. The van der Waals surface area contributed by atoms with E-state index in [0.29, 0.717) is 17.4 Å². The third kappa shape index (κ3) is 3.67. The summed E-state index contributed by atoms with van der Waals surface area (Å²) in [5.41, 5.74) is 5.74. The maximum Gasteiger partial charge on any atom is 0.293 e. The molecule has 2 amide bonds. The fourth-order valence-corrected chi connectivity index (χ4v) is 5.26. The van der Waals surface area contributed by atoms with Gasteiger partial charge in [0.15, 0.2) is 0 Å². The van der Waals surface area contributed by atoms with Crippen molar-refractivity contribution in [2.24, 2.45) is 0 Å². The van der Waals surface area contributed by atoms with Crippen LogP contribution < -0.4 is 4.90 Å². The first kappa shape index (κ1) is 20.7. The summed E-state index contributed by atoms with van der Waals surface area (Å²) < 4.78 is 0. The number of aryl methyl sites for hydroxylation is 1. The molecule has 2 aromatic carbocycles. The minimum Gasteiger partial charge on any atom is -0.369 e. The molecule has 4 nitrogen and oxygen atoms in total. The van der Waals surface area contributed by atoms with Gasteiger partial charge < -0.3 is 4.90 Å². The second kappa shape index (κ2) is 7.62. The van der Waals surface area contributed by atoms with E-state index >= 15 is 0 Å². The summed E-state index contributed by atoms with van der Waals surface area (Å²) in [6.07, 6.45) is 2.96. The van der Waals surface area contributed by atoms with Gasteiger partial charge in [-0.15, -0.1) is 0 Å². The van der Waals surface area contributed by atoms with E-state index in [9.17, 15) is 9.59 Å². The lowest BCUT2D eigenvalue weighted by molar-refractivity contribution is -0.123. The highest BCUT2D eigenvalue weighted by molar-refractivity contribution is 8.18. The average molecular weight is 421 g/mol. The second-order valence-electron chi connectivity index (χ2n) is 9.00. The number of benzene rings is 2. The molecule has 30 heavy (non-hydrogen) atoms. The largest absolute Gasteiger partial charge is 0.369 e. The lowest BCUT2D eigenvalue weighted by atomic mass is 9.79. The molecule has 0 aliphatic carbocycles. The Morgan fingerprint density at radius 2 is 1.87 bits per heavy atom. The van der Waals surface area contributed by atoms with Crippen LogP contribution in [0.2, 0.25) is 0 Å². The molecule has 2 aliphatic rings. The third-order valence-corrected chi connectivity index (χ3v) is 7.27. The number of amides is 2. The zero-order valence-corrected chi connectivity index (χ0v) is 19.0. The Hall–Kier alpha value is -2.53. The van der Waals surface area contributed by atoms with Gasteiger partial charge in [-0.05, 0) is 85.3 Å². The van der Waals surface area contributed by atoms with Crippen molar-refractivity contribution in [3.8, 4) is 0 Å². The molecule has 0 radical (unpaired) electrons. The number of rotatable bonds is 3. The molecule has 0 bridgehead atoms. The maximum atomic E-state index is 12.9. The van der Waals surface area contributed by atoms with Crippen molar-refractivity contribution < 1.29 is 9.59 Å². The zero-order chi connectivity index (χ0) is 21.6. The zero-order valence-electron chi connectivity index (χ0n) is 18.2. The fourth-order valence-electron chi connectivity index (χ4n) is 4.43. The summed E-state index contributed by atoms with van der Waals surface area (Å²) in [6, 6.07) is 14.0. The molecule has 2 aliphatic heterocycles. The van der Waals surface area contributed by atoms with E-state index in [1.807, 2.05) is 36.4 Å². The molecule has 0 spiro atoms. The van der Waals surface area contributed by atoms with E-state index in [2.05, 4.69) is 51.8 Å². The Balaban J connectivity index is 1.65. The van der Waals surface area contributed by atoms with Gasteiger partial charge in [0.05, 0.1) is 11.4 Å². The lowest BCUT2D eigenvalue weighted by Crippen LogP contribution is -2.45. The van der Waals surface area contributed by atoms with Gasteiger partial charge in [0.2, 0.25) is 0 Å². The van der Waals surface area contributed by atoms with Crippen LogP contribution >= 0.6 is 11.8 Å². The fraction of sp³-hybridized carbons (Fsp3) is 0.360. The van der Waals surface area contributed by atoms with Crippen molar-refractivity contribution in [2.45, 2.75) is 52.1 Å². The number of anilines is 1. The van der Waals surface area contributed by atoms with Crippen LogP contribution in [0.1, 0.15) is 55.4 Å². The number of imide groups is 1. The molecule has 1 saturated heterocycles. The summed E-state index contributed by atoms with van der Waals surface area (Å²) >= 11 is 1.03. The first-order chi connectivity index (χ1) is 14.2. The highest BCUT2D eigenvalue weighted by Crippen LogP contribution is 2.44. The SMILES string of the molecule is Cc1cc2c(cc1/C=C1/SC(=O)N(Cc3ccccc3)C1=O)C(C)CC(C)(C)N2C. The molecular formula is C25H28N2O2S. The molecule has 1 unspecified atom stereocenters. The van der Waals surface area contributed by atoms with Gasteiger partial charge in [-0.1, -0.05) is 37.3 Å². The number of carbonyl (C=O) groups is 2. The first-order valence-electron chi connectivity index (χ1n) is 10.3. The molecule has 1 fully saturated rings. The molecule has 5 heteroatoms. The molecule has 0 saturated carbocycles. The Morgan fingerprint density at radius 3 is 2.57 bits per heavy atom. The van der Waals surface area contributed by atoms with E-state index in [1.54, 1.807) is 0 Å². The molecular weight excluding hydrogens is 392 g/mol. The maximum absolute atomic E-state index is 12.9. The molecule has 156 valence electrons. The monoisotopic (exact) mass is 420 g/mol. The number of thioether (sulfide) groups is 1. The summed E-state index contributed by atoms with van der Waals surface area (Å²) in [7, 11) is 2.15. The topological polar surface area (TPSA) is 40.6 Å². The van der Waals surface area contributed by atoms with Gasteiger partial charge in [-0.2, -0.15) is 0 Å². The third-order valence-electron chi connectivity index (χ3n) is 6.37. The van der Waals surface area contributed by atoms with Crippen molar-refractivity contribution in [1.82, 2.24) is 4.90 Å². The second-order valence-corrected chi connectivity index (χ2v) is 9.99. The first-order valence-corrected chi connectivity index (χ1v) is 11.2. The highest BCUT2D eigenvalue weighted by atomic mass is 32.2. The number of hydrogen-bond donors (Lipinski definition) is 0. The van der Waals surface area contributed by atoms with Crippen LogP contribution in [0.5, 0.6) is 0 Å². The number of carbonyl (C=O) groups excluding carboxylic acids is 2. The van der Waals surface area contributed by atoms with E-state index in [1.165, 1.54) is 16.2 Å². The summed E-state index contributed by atoms with van der Waals surface area (Å²) in [5.74, 6) is 0.226. The van der Waals surface area contributed by atoms with E-state index in [0.717, 1.165) is 34.9 Å². The van der Waals surface area contributed by atoms with E-state index in [-0.39, 0.29) is 16.7 Å². The molecule has 0 aromatic heterocycles. The average Bonchev–Trinajstić information content (AvgIpc) is 2.95. The van der Waals surface area contributed by atoms with Crippen LogP contribution in [0.3, 0.4) is 0 Å². The van der Waals surface area contributed by atoms with Crippen LogP contribution in [0, 0.1) is 6.92 Å². The summed E-state index contributed by atoms with van der Waals surface area (Å²) in [6.45, 7) is 9.20. The van der Waals surface area contributed by atoms with E-state index < -0.39 is 0 Å². The molecule has 1 atom stereocenters. The van der Waals surface area contributed by atoms with Crippen molar-refractivity contribution in [3.63, 3.8) is 0 Å². The number of hydrogen-bond acceptors (Lipinski definition) is 4. The van der Waals surface area contributed by atoms with Gasteiger partial charge in [0, 0.05) is 18.3 Å². The summed E-state index contributed by atoms with van der Waals surface area (Å²) in [4.78, 5) is 29.6. The van der Waals surface area contributed by atoms with Crippen LogP contribution in [0.4, 0.5) is 10.5 Å². The van der Waals surface area contributed by atoms with Crippen molar-refractivity contribution in [3.05, 3.63) is 69.6 Å². The van der Waals surface area contributed by atoms with Gasteiger partial charge >= 0.3 is 0 Å². The van der Waals surface area contributed by atoms with Crippen LogP contribution in [0.15, 0.2) is 47.4 Å². The van der Waals surface area contributed by atoms with Gasteiger partial charge in [-0.3, -0.25) is 14.5 Å². The molecule has 2 heterocycles. The van der Waals surface area contributed by atoms with E-state index in [4.69, 9.17) is 0 Å². The molecule has 4 rings (SSSR count). The Kier molecular flexibility index (Phi) is 5.27.